The van der Waals surface area contributed by atoms with Crippen molar-refractivity contribution < 1.29 is 9.47 Å². The lowest BCUT2D eigenvalue weighted by Crippen LogP contribution is -2.00. The van der Waals surface area contributed by atoms with Crippen LogP contribution in [0.15, 0.2) is 16.6 Å². The number of nitrogens with zero attached hydrogens (tertiary/aromatic N) is 2. The van der Waals surface area contributed by atoms with E-state index in [1.807, 2.05) is 12.1 Å². The summed E-state index contributed by atoms with van der Waals surface area (Å²) in [4.78, 5) is 0. The molecule has 1 aromatic heterocycles. The van der Waals surface area contributed by atoms with Gasteiger partial charge in [-0.1, -0.05) is 41.1 Å². The molecule has 0 amide bonds. The number of benzene rings is 1. The Morgan fingerprint density at radius 2 is 2.05 bits per heavy atom. The van der Waals surface area contributed by atoms with Crippen LogP contribution in [0.4, 0.5) is 5.13 Å². The summed E-state index contributed by atoms with van der Waals surface area (Å²) < 4.78 is 11.7. The highest BCUT2D eigenvalue weighted by atomic mass is 79.9. The van der Waals surface area contributed by atoms with Crippen molar-refractivity contribution in [2.24, 2.45) is 5.92 Å². The Hall–Kier alpha value is -1.34. The molecular formula is C14H16BrN3O2S. The fourth-order valence-electron chi connectivity index (χ4n) is 2.02. The maximum atomic E-state index is 5.40. The average Bonchev–Trinajstić information content (AvgIpc) is 3.04. The lowest BCUT2D eigenvalue weighted by Gasteiger charge is -2.06. The summed E-state index contributed by atoms with van der Waals surface area (Å²) >= 11 is 5.16. The molecule has 1 aromatic carbocycles. The van der Waals surface area contributed by atoms with Gasteiger partial charge in [0.1, 0.15) is 5.01 Å². The number of hydrogen-bond donors (Lipinski definition) is 1. The van der Waals surface area contributed by atoms with Gasteiger partial charge >= 0.3 is 0 Å². The van der Waals surface area contributed by atoms with Crippen LogP contribution in [0, 0.1) is 5.92 Å². The van der Waals surface area contributed by atoms with E-state index in [1.54, 1.807) is 11.3 Å². The van der Waals surface area contributed by atoms with Crippen molar-refractivity contribution in [1.82, 2.24) is 10.2 Å². The predicted octanol–water partition coefficient (Wildman–Crippen LogP) is 3.84. The molecule has 7 heteroatoms. The molecule has 0 aliphatic carbocycles. The van der Waals surface area contributed by atoms with Gasteiger partial charge in [-0.05, 0) is 23.6 Å². The van der Waals surface area contributed by atoms with Crippen molar-refractivity contribution in [2.75, 3.05) is 12.1 Å². The van der Waals surface area contributed by atoms with Gasteiger partial charge in [0, 0.05) is 17.4 Å². The highest BCUT2D eigenvalue weighted by molar-refractivity contribution is 9.10. The molecular weight excluding hydrogens is 354 g/mol. The molecule has 21 heavy (non-hydrogen) atoms. The smallest absolute Gasteiger partial charge is 0.231 e. The molecule has 112 valence electrons. The van der Waals surface area contributed by atoms with E-state index in [4.69, 9.17) is 9.47 Å². The summed E-state index contributed by atoms with van der Waals surface area (Å²) in [7, 11) is 0. The minimum atomic E-state index is 0.285. The van der Waals surface area contributed by atoms with Gasteiger partial charge in [0.25, 0.3) is 0 Å². The number of rotatable bonds is 5. The van der Waals surface area contributed by atoms with Crippen molar-refractivity contribution in [3.8, 4) is 11.5 Å². The van der Waals surface area contributed by atoms with Crippen LogP contribution in [0.5, 0.6) is 11.5 Å². The molecule has 1 aliphatic heterocycles. The van der Waals surface area contributed by atoms with E-state index < -0.39 is 0 Å². The summed E-state index contributed by atoms with van der Waals surface area (Å²) in [5.74, 6) is 2.15. The topological polar surface area (TPSA) is 56.3 Å². The number of ether oxygens (including phenoxy) is 2. The molecule has 0 fully saturated rings. The Bertz CT molecular complexity index is 645. The molecule has 0 bridgehead atoms. The second kappa shape index (κ2) is 6.19. The zero-order chi connectivity index (χ0) is 14.8. The summed E-state index contributed by atoms with van der Waals surface area (Å²) in [6.45, 7) is 5.30. The van der Waals surface area contributed by atoms with Crippen LogP contribution < -0.4 is 14.8 Å². The van der Waals surface area contributed by atoms with Gasteiger partial charge in [-0.25, -0.2) is 0 Å². The van der Waals surface area contributed by atoms with Crippen molar-refractivity contribution in [2.45, 2.75) is 26.8 Å². The standard InChI is InChI=1S/C14H16BrN3O2S/c1-8(2)3-13-17-18-14(21-13)16-6-9-4-11-12(5-10(9)15)20-7-19-11/h4-5,8H,3,6-7H2,1-2H3,(H,16,18). The minimum absolute atomic E-state index is 0.285. The van der Waals surface area contributed by atoms with Crippen LogP contribution in [0.25, 0.3) is 0 Å². The molecule has 0 spiro atoms. The summed E-state index contributed by atoms with van der Waals surface area (Å²) in [5.41, 5.74) is 1.10. The van der Waals surface area contributed by atoms with E-state index in [-0.39, 0.29) is 6.79 Å². The second-order valence-electron chi connectivity index (χ2n) is 5.25. The van der Waals surface area contributed by atoms with Crippen LogP contribution in [0.3, 0.4) is 0 Å². The minimum Gasteiger partial charge on any atom is -0.454 e. The van der Waals surface area contributed by atoms with Gasteiger partial charge in [-0.3, -0.25) is 0 Å². The monoisotopic (exact) mass is 369 g/mol. The summed E-state index contributed by atoms with van der Waals surface area (Å²) in [6.07, 6.45) is 0.965. The van der Waals surface area contributed by atoms with E-state index in [2.05, 4.69) is 45.3 Å². The zero-order valence-corrected chi connectivity index (χ0v) is 14.3. The Kier molecular flexibility index (Phi) is 4.30. The fraction of sp³-hybridized carbons (Fsp3) is 0.429. The second-order valence-corrected chi connectivity index (χ2v) is 7.17. The number of aromatic nitrogens is 2. The molecule has 0 saturated carbocycles. The first-order chi connectivity index (χ1) is 10.1. The fourth-order valence-corrected chi connectivity index (χ4v) is 3.43. The molecule has 2 heterocycles. The van der Waals surface area contributed by atoms with E-state index in [0.717, 1.165) is 38.1 Å². The first kappa shape index (κ1) is 14.6. The first-order valence-electron chi connectivity index (χ1n) is 6.76. The maximum Gasteiger partial charge on any atom is 0.231 e. The van der Waals surface area contributed by atoms with Gasteiger partial charge in [-0.2, -0.15) is 0 Å². The van der Waals surface area contributed by atoms with Crippen LogP contribution in [-0.4, -0.2) is 17.0 Å². The molecule has 1 N–H and O–H groups in total. The normalized spacial score (nSPS) is 13.0. The average molecular weight is 370 g/mol. The quantitative estimate of drug-likeness (QED) is 0.867. The number of fused-ring (bicyclic) bond motifs is 1. The predicted molar refractivity (Wildman–Crippen MR) is 86.0 cm³/mol. The van der Waals surface area contributed by atoms with Crippen molar-refractivity contribution in [1.29, 1.82) is 0 Å². The maximum absolute atomic E-state index is 5.40. The number of anilines is 1. The highest BCUT2D eigenvalue weighted by Gasteiger charge is 2.16. The number of nitrogens with one attached hydrogen (secondary N) is 1. The van der Waals surface area contributed by atoms with Gasteiger partial charge in [0.05, 0.1) is 0 Å². The third kappa shape index (κ3) is 3.47. The SMILES string of the molecule is CC(C)Cc1nnc(NCc2cc3c(cc2Br)OCO3)s1. The molecule has 0 unspecified atom stereocenters. The molecule has 5 nitrogen and oxygen atoms in total. The lowest BCUT2D eigenvalue weighted by atomic mass is 10.1. The van der Waals surface area contributed by atoms with Gasteiger partial charge in [-0.15, -0.1) is 10.2 Å². The van der Waals surface area contributed by atoms with Crippen molar-refractivity contribution in [3.63, 3.8) is 0 Å². The molecule has 0 atom stereocenters. The highest BCUT2D eigenvalue weighted by Crippen LogP contribution is 2.37. The molecule has 1 aliphatic rings. The lowest BCUT2D eigenvalue weighted by molar-refractivity contribution is 0.174. The molecule has 2 aromatic rings. The van der Waals surface area contributed by atoms with Gasteiger partial charge in [0.2, 0.25) is 11.9 Å². The van der Waals surface area contributed by atoms with E-state index >= 15 is 0 Å². The van der Waals surface area contributed by atoms with Crippen molar-refractivity contribution >= 4 is 32.4 Å². The van der Waals surface area contributed by atoms with Crippen LogP contribution in [0.2, 0.25) is 0 Å². The third-order valence-corrected chi connectivity index (χ3v) is 4.66. The Morgan fingerprint density at radius 1 is 1.29 bits per heavy atom. The van der Waals surface area contributed by atoms with Crippen LogP contribution in [0.1, 0.15) is 24.4 Å². The van der Waals surface area contributed by atoms with Crippen LogP contribution >= 0.6 is 27.3 Å². The third-order valence-electron chi connectivity index (χ3n) is 3.02. The summed E-state index contributed by atoms with van der Waals surface area (Å²) in [6, 6.07) is 3.92. The summed E-state index contributed by atoms with van der Waals surface area (Å²) in [5, 5.41) is 13.6. The van der Waals surface area contributed by atoms with Gasteiger partial charge in [0.15, 0.2) is 11.5 Å². The van der Waals surface area contributed by atoms with E-state index in [0.29, 0.717) is 12.5 Å². The van der Waals surface area contributed by atoms with E-state index in [1.165, 1.54) is 0 Å². The largest absolute Gasteiger partial charge is 0.454 e. The Balaban J connectivity index is 1.66. The zero-order valence-electron chi connectivity index (χ0n) is 11.9. The Morgan fingerprint density at radius 3 is 2.81 bits per heavy atom. The molecule has 0 saturated heterocycles. The molecule has 0 radical (unpaired) electrons. The number of halogens is 1. The Labute approximate surface area is 135 Å². The van der Waals surface area contributed by atoms with Crippen LogP contribution in [-0.2, 0) is 13.0 Å². The van der Waals surface area contributed by atoms with E-state index in [9.17, 15) is 0 Å². The number of hydrogen-bond acceptors (Lipinski definition) is 6. The van der Waals surface area contributed by atoms with Crippen molar-refractivity contribution in [3.05, 3.63) is 27.2 Å². The molecule has 3 rings (SSSR count). The van der Waals surface area contributed by atoms with Gasteiger partial charge < -0.3 is 14.8 Å². The first-order valence-corrected chi connectivity index (χ1v) is 8.37.